The van der Waals surface area contributed by atoms with E-state index in [1.165, 1.54) is 0 Å². The number of ketones is 2. The first-order valence-electron chi connectivity index (χ1n) is 8.49. The van der Waals surface area contributed by atoms with E-state index in [-0.39, 0.29) is 30.5 Å². The van der Waals surface area contributed by atoms with Crippen molar-refractivity contribution in [2.45, 2.75) is 19.8 Å². The minimum absolute atomic E-state index is 0.00533. The highest BCUT2D eigenvalue weighted by molar-refractivity contribution is 6.09. The van der Waals surface area contributed by atoms with Crippen molar-refractivity contribution in [3.8, 4) is 0 Å². The Morgan fingerprint density at radius 1 is 1.08 bits per heavy atom. The van der Waals surface area contributed by atoms with Gasteiger partial charge >= 0.3 is 5.97 Å². The third-order valence-electron chi connectivity index (χ3n) is 4.59. The zero-order chi connectivity index (χ0) is 17.8. The van der Waals surface area contributed by atoms with Gasteiger partial charge in [0.05, 0.1) is 6.61 Å². The van der Waals surface area contributed by atoms with Gasteiger partial charge in [0.25, 0.3) is 0 Å². The highest BCUT2D eigenvalue weighted by Gasteiger charge is 2.37. The second kappa shape index (κ2) is 7.43. The van der Waals surface area contributed by atoms with Gasteiger partial charge in [-0.1, -0.05) is 54.6 Å². The summed E-state index contributed by atoms with van der Waals surface area (Å²) < 4.78 is 5.10. The van der Waals surface area contributed by atoms with E-state index in [0.29, 0.717) is 17.5 Å². The molecule has 2 aromatic carbocycles. The fourth-order valence-corrected chi connectivity index (χ4v) is 3.35. The van der Waals surface area contributed by atoms with E-state index in [4.69, 9.17) is 4.74 Å². The Morgan fingerprint density at radius 2 is 1.76 bits per heavy atom. The van der Waals surface area contributed by atoms with Crippen LogP contribution in [0.4, 0.5) is 0 Å². The number of Topliss-reactive ketones (excluding diaryl/α,β-unsaturated/α-hetero) is 2. The van der Waals surface area contributed by atoms with Crippen LogP contribution >= 0.6 is 0 Å². The van der Waals surface area contributed by atoms with E-state index >= 15 is 0 Å². The third kappa shape index (κ3) is 3.53. The number of benzene rings is 2. The van der Waals surface area contributed by atoms with Crippen LogP contribution < -0.4 is 0 Å². The first-order chi connectivity index (χ1) is 12.1. The molecule has 2 aromatic rings. The summed E-state index contributed by atoms with van der Waals surface area (Å²) in [5.74, 6) is -2.15. The van der Waals surface area contributed by atoms with Gasteiger partial charge in [0, 0.05) is 17.0 Å². The average Bonchev–Trinajstić information content (AvgIpc) is 2.96. The smallest absolute Gasteiger partial charge is 0.316 e. The molecule has 4 nitrogen and oxygen atoms in total. The minimum Gasteiger partial charge on any atom is -0.465 e. The fourth-order valence-electron chi connectivity index (χ4n) is 3.35. The van der Waals surface area contributed by atoms with Crippen LogP contribution in [0.3, 0.4) is 0 Å². The van der Waals surface area contributed by atoms with Crippen LogP contribution in [-0.4, -0.2) is 24.1 Å². The molecule has 0 amide bonds. The summed E-state index contributed by atoms with van der Waals surface area (Å²) in [6.45, 7) is 1.91. The van der Waals surface area contributed by atoms with Crippen molar-refractivity contribution >= 4 is 17.5 Å². The lowest BCUT2D eigenvalue weighted by Crippen LogP contribution is -2.30. The Morgan fingerprint density at radius 3 is 2.44 bits per heavy atom. The lowest BCUT2D eigenvalue weighted by molar-refractivity contribution is -0.146. The van der Waals surface area contributed by atoms with Gasteiger partial charge in [-0.05, 0) is 25.3 Å². The zero-order valence-electron chi connectivity index (χ0n) is 14.1. The molecule has 1 aliphatic carbocycles. The normalized spacial score (nSPS) is 17.0. The van der Waals surface area contributed by atoms with Crippen molar-refractivity contribution in [2.75, 3.05) is 6.61 Å². The summed E-state index contributed by atoms with van der Waals surface area (Å²) in [7, 11) is 0. The number of esters is 1. The van der Waals surface area contributed by atoms with Crippen molar-refractivity contribution in [1.82, 2.24) is 0 Å². The standard InChI is InChI=1S/C21H20O4/c1-2-25-21(24)18(19(22)14-8-4-3-5-9-14)13-16-12-15-10-6-7-11-17(15)20(16)23/h3-11,16,18H,2,12-13H2,1H3. The van der Waals surface area contributed by atoms with Crippen molar-refractivity contribution in [3.63, 3.8) is 0 Å². The lowest BCUT2D eigenvalue weighted by Gasteiger charge is -2.17. The fraction of sp³-hybridized carbons (Fsp3) is 0.286. The van der Waals surface area contributed by atoms with Crippen molar-refractivity contribution in [2.24, 2.45) is 11.8 Å². The van der Waals surface area contributed by atoms with Crippen LogP contribution in [0.5, 0.6) is 0 Å². The molecule has 0 spiro atoms. The Bertz CT molecular complexity index is 795. The predicted octanol–water partition coefficient (Wildman–Crippen LogP) is 3.49. The molecule has 0 saturated carbocycles. The quantitative estimate of drug-likeness (QED) is 0.460. The summed E-state index contributed by atoms with van der Waals surface area (Å²) in [5.41, 5.74) is 2.14. The number of hydrogen-bond donors (Lipinski definition) is 0. The molecule has 2 atom stereocenters. The van der Waals surface area contributed by atoms with Crippen LogP contribution in [0.25, 0.3) is 0 Å². The van der Waals surface area contributed by atoms with E-state index < -0.39 is 11.9 Å². The molecular weight excluding hydrogens is 316 g/mol. The van der Waals surface area contributed by atoms with E-state index in [1.54, 1.807) is 37.3 Å². The molecule has 0 aliphatic heterocycles. The summed E-state index contributed by atoms with van der Waals surface area (Å²) in [6, 6.07) is 16.1. The van der Waals surface area contributed by atoms with E-state index in [1.807, 2.05) is 24.3 Å². The van der Waals surface area contributed by atoms with Crippen LogP contribution in [-0.2, 0) is 16.0 Å². The average molecular weight is 336 g/mol. The first kappa shape index (κ1) is 17.1. The number of rotatable bonds is 6. The number of ether oxygens (including phenoxy) is 1. The van der Waals surface area contributed by atoms with Crippen molar-refractivity contribution < 1.29 is 19.1 Å². The van der Waals surface area contributed by atoms with Crippen LogP contribution in [0.2, 0.25) is 0 Å². The molecule has 0 N–H and O–H groups in total. The lowest BCUT2D eigenvalue weighted by atomic mass is 9.86. The van der Waals surface area contributed by atoms with Gasteiger partial charge in [-0.15, -0.1) is 0 Å². The van der Waals surface area contributed by atoms with Crippen molar-refractivity contribution in [3.05, 3.63) is 71.3 Å². The monoisotopic (exact) mass is 336 g/mol. The highest BCUT2D eigenvalue weighted by Crippen LogP contribution is 2.32. The van der Waals surface area contributed by atoms with Gasteiger partial charge in [-0.2, -0.15) is 0 Å². The molecule has 4 heteroatoms. The van der Waals surface area contributed by atoms with Gasteiger partial charge in [-0.25, -0.2) is 0 Å². The first-order valence-corrected chi connectivity index (χ1v) is 8.49. The Labute approximate surface area is 146 Å². The van der Waals surface area contributed by atoms with E-state index in [2.05, 4.69) is 0 Å². The molecule has 0 fully saturated rings. The molecule has 0 radical (unpaired) electrons. The molecule has 1 aliphatic rings. The maximum atomic E-state index is 12.8. The topological polar surface area (TPSA) is 60.4 Å². The number of carbonyl (C=O) groups is 3. The Balaban J connectivity index is 1.83. The van der Waals surface area contributed by atoms with Gasteiger partial charge < -0.3 is 4.74 Å². The van der Waals surface area contributed by atoms with Gasteiger partial charge in [-0.3, -0.25) is 14.4 Å². The second-order valence-corrected chi connectivity index (χ2v) is 6.19. The van der Waals surface area contributed by atoms with Gasteiger partial charge in [0.2, 0.25) is 0 Å². The Hall–Kier alpha value is -2.75. The molecule has 0 aromatic heterocycles. The summed E-state index contributed by atoms with van der Waals surface area (Å²) in [6.07, 6.45) is 0.743. The van der Waals surface area contributed by atoms with Crippen LogP contribution in [0.1, 0.15) is 39.6 Å². The van der Waals surface area contributed by atoms with Gasteiger partial charge in [0.15, 0.2) is 11.6 Å². The number of carbonyl (C=O) groups excluding carboxylic acids is 3. The molecule has 2 unspecified atom stereocenters. The summed E-state index contributed by atoms with van der Waals surface area (Å²) >= 11 is 0. The highest BCUT2D eigenvalue weighted by atomic mass is 16.5. The summed E-state index contributed by atoms with van der Waals surface area (Å²) in [4.78, 5) is 37.8. The number of fused-ring (bicyclic) bond motifs is 1. The predicted molar refractivity (Wildman–Crippen MR) is 93.5 cm³/mol. The zero-order valence-corrected chi connectivity index (χ0v) is 14.1. The van der Waals surface area contributed by atoms with Crippen molar-refractivity contribution in [1.29, 1.82) is 0 Å². The molecule has 0 heterocycles. The largest absolute Gasteiger partial charge is 0.465 e. The number of hydrogen-bond acceptors (Lipinski definition) is 4. The molecule has 25 heavy (non-hydrogen) atoms. The van der Waals surface area contributed by atoms with E-state index in [9.17, 15) is 14.4 Å². The van der Waals surface area contributed by atoms with Gasteiger partial charge in [0.1, 0.15) is 5.92 Å². The molecule has 3 rings (SSSR count). The molecular formula is C21H20O4. The molecule has 128 valence electrons. The van der Waals surface area contributed by atoms with Crippen LogP contribution in [0.15, 0.2) is 54.6 Å². The Kier molecular flexibility index (Phi) is 5.08. The maximum Gasteiger partial charge on any atom is 0.316 e. The second-order valence-electron chi connectivity index (χ2n) is 6.19. The summed E-state index contributed by atoms with van der Waals surface area (Å²) in [5, 5.41) is 0. The molecule has 0 saturated heterocycles. The minimum atomic E-state index is -0.953. The third-order valence-corrected chi connectivity index (χ3v) is 4.59. The van der Waals surface area contributed by atoms with E-state index in [0.717, 1.165) is 5.56 Å². The maximum absolute atomic E-state index is 12.8. The van der Waals surface area contributed by atoms with Crippen LogP contribution in [0, 0.1) is 11.8 Å². The SMILES string of the molecule is CCOC(=O)C(CC1Cc2ccccc2C1=O)C(=O)c1ccccc1. The molecule has 0 bridgehead atoms.